The first-order valence-corrected chi connectivity index (χ1v) is 8.24. The average Bonchev–Trinajstić information content (AvgIpc) is 2.41. The first-order valence-electron chi connectivity index (χ1n) is 6.59. The zero-order valence-corrected chi connectivity index (χ0v) is 12.7. The Hall–Kier alpha value is -1.35. The van der Waals surface area contributed by atoms with Gasteiger partial charge < -0.3 is 5.11 Å². The van der Waals surface area contributed by atoms with Crippen LogP contribution in [-0.2, 0) is 16.6 Å². The Balaban J connectivity index is 2.61. The molecule has 1 rings (SSSR count). The zero-order chi connectivity index (χ0) is 15.0. The van der Waals surface area contributed by atoms with Gasteiger partial charge in [0.05, 0.1) is 5.75 Å². The summed E-state index contributed by atoms with van der Waals surface area (Å²) >= 11 is 0. The van der Waals surface area contributed by atoms with Gasteiger partial charge in [-0.1, -0.05) is 37.8 Å². The summed E-state index contributed by atoms with van der Waals surface area (Å²) in [6, 6.07) is 7.29. The first-order chi connectivity index (χ1) is 9.43. The summed E-state index contributed by atoms with van der Waals surface area (Å²) in [7, 11) is -3.23. The lowest BCUT2D eigenvalue weighted by Gasteiger charge is -2.08. The van der Waals surface area contributed by atoms with Crippen LogP contribution in [0.5, 0.6) is 0 Å². The van der Waals surface area contributed by atoms with Gasteiger partial charge in [0.1, 0.15) is 6.61 Å². The van der Waals surface area contributed by atoms with E-state index in [-0.39, 0.29) is 18.9 Å². The molecule has 0 aromatic heterocycles. The van der Waals surface area contributed by atoms with Crippen molar-refractivity contribution in [2.24, 2.45) is 5.92 Å². The SMILES string of the molecule is CC(C)CCS(=O)(=O)NCc1cccc(C#CCO)c1. The van der Waals surface area contributed by atoms with Crippen LogP contribution >= 0.6 is 0 Å². The second kappa shape index (κ2) is 8.05. The molecule has 0 saturated carbocycles. The normalized spacial score (nSPS) is 11.2. The van der Waals surface area contributed by atoms with Crippen LogP contribution in [0.25, 0.3) is 0 Å². The van der Waals surface area contributed by atoms with Crippen molar-refractivity contribution in [2.75, 3.05) is 12.4 Å². The fourth-order valence-corrected chi connectivity index (χ4v) is 2.87. The lowest BCUT2D eigenvalue weighted by atomic mass is 10.1. The third-order valence-electron chi connectivity index (χ3n) is 2.70. The molecule has 0 amide bonds. The molecule has 4 nitrogen and oxygen atoms in total. The highest BCUT2D eigenvalue weighted by molar-refractivity contribution is 7.89. The van der Waals surface area contributed by atoms with E-state index in [4.69, 9.17) is 5.11 Å². The third-order valence-corrected chi connectivity index (χ3v) is 4.06. The van der Waals surface area contributed by atoms with Crippen LogP contribution in [0.2, 0.25) is 0 Å². The lowest BCUT2D eigenvalue weighted by molar-refractivity contribution is 0.350. The summed E-state index contributed by atoms with van der Waals surface area (Å²) < 4.78 is 26.2. The summed E-state index contributed by atoms with van der Waals surface area (Å²) in [5.41, 5.74) is 1.61. The van der Waals surface area contributed by atoms with Crippen LogP contribution in [0.15, 0.2) is 24.3 Å². The molecule has 1 aromatic rings. The number of benzene rings is 1. The second-order valence-electron chi connectivity index (χ2n) is 4.98. The van der Waals surface area contributed by atoms with Crippen molar-refractivity contribution >= 4 is 10.0 Å². The Labute approximate surface area is 121 Å². The van der Waals surface area contributed by atoms with E-state index in [0.29, 0.717) is 12.3 Å². The Morgan fingerprint density at radius 1 is 1.35 bits per heavy atom. The van der Waals surface area contributed by atoms with E-state index in [1.165, 1.54) is 0 Å². The molecule has 0 spiro atoms. The van der Waals surface area contributed by atoms with Crippen LogP contribution in [0.3, 0.4) is 0 Å². The number of hydrogen-bond acceptors (Lipinski definition) is 3. The van der Waals surface area contributed by atoms with E-state index >= 15 is 0 Å². The minimum Gasteiger partial charge on any atom is -0.384 e. The van der Waals surface area contributed by atoms with Crippen LogP contribution in [-0.4, -0.2) is 25.9 Å². The topological polar surface area (TPSA) is 66.4 Å². The fourth-order valence-electron chi connectivity index (χ4n) is 1.56. The van der Waals surface area contributed by atoms with Crippen LogP contribution in [0.1, 0.15) is 31.4 Å². The Morgan fingerprint density at radius 3 is 2.75 bits per heavy atom. The predicted octanol–water partition coefficient (Wildman–Crippen LogP) is 1.50. The van der Waals surface area contributed by atoms with Gasteiger partial charge in [0.2, 0.25) is 10.0 Å². The monoisotopic (exact) mass is 295 g/mol. The molecule has 0 saturated heterocycles. The summed E-state index contributed by atoms with van der Waals surface area (Å²) in [5, 5.41) is 8.65. The highest BCUT2D eigenvalue weighted by atomic mass is 32.2. The van der Waals surface area contributed by atoms with E-state index in [1.807, 2.05) is 38.1 Å². The number of aliphatic hydroxyl groups excluding tert-OH is 1. The Kier molecular flexibility index (Phi) is 6.73. The molecule has 20 heavy (non-hydrogen) atoms. The molecule has 5 heteroatoms. The first kappa shape index (κ1) is 16.7. The minimum atomic E-state index is -3.23. The van der Waals surface area contributed by atoms with Gasteiger partial charge in [0.15, 0.2) is 0 Å². The molecule has 0 heterocycles. The quantitative estimate of drug-likeness (QED) is 0.782. The number of rotatable bonds is 6. The van der Waals surface area contributed by atoms with Gasteiger partial charge in [0.25, 0.3) is 0 Å². The largest absolute Gasteiger partial charge is 0.384 e. The van der Waals surface area contributed by atoms with Crippen LogP contribution in [0.4, 0.5) is 0 Å². The molecule has 0 aliphatic carbocycles. The van der Waals surface area contributed by atoms with Crippen molar-refractivity contribution in [1.29, 1.82) is 0 Å². The number of hydrogen-bond donors (Lipinski definition) is 2. The smallest absolute Gasteiger partial charge is 0.211 e. The van der Waals surface area contributed by atoms with Gasteiger partial charge in [0, 0.05) is 12.1 Å². The van der Waals surface area contributed by atoms with E-state index in [1.54, 1.807) is 0 Å². The van der Waals surface area contributed by atoms with Gasteiger partial charge in [-0.05, 0) is 30.0 Å². The van der Waals surface area contributed by atoms with Crippen molar-refractivity contribution in [1.82, 2.24) is 4.72 Å². The maximum absolute atomic E-state index is 11.8. The van der Waals surface area contributed by atoms with Crippen LogP contribution in [0, 0.1) is 17.8 Å². The zero-order valence-electron chi connectivity index (χ0n) is 11.9. The van der Waals surface area contributed by atoms with E-state index in [0.717, 1.165) is 11.1 Å². The van der Waals surface area contributed by atoms with Crippen molar-refractivity contribution in [2.45, 2.75) is 26.8 Å². The molecule has 2 N–H and O–H groups in total. The molecule has 0 unspecified atom stereocenters. The fraction of sp³-hybridized carbons (Fsp3) is 0.467. The molecule has 0 aliphatic heterocycles. The molecular formula is C15H21NO3S. The molecule has 110 valence electrons. The van der Waals surface area contributed by atoms with Gasteiger partial charge in [-0.25, -0.2) is 13.1 Å². The van der Waals surface area contributed by atoms with E-state index in [9.17, 15) is 8.42 Å². The summed E-state index contributed by atoms with van der Waals surface area (Å²) in [6.45, 7) is 4.07. The minimum absolute atomic E-state index is 0.147. The highest BCUT2D eigenvalue weighted by Crippen LogP contribution is 2.06. The molecule has 1 aromatic carbocycles. The third kappa shape index (κ3) is 6.71. The Morgan fingerprint density at radius 2 is 2.10 bits per heavy atom. The average molecular weight is 295 g/mol. The maximum atomic E-state index is 11.8. The van der Waals surface area contributed by atoms with E-state index < -0.39 is 10.0 Å². The Bertz CT molecular complexity index is 583. The van der Waals surface area contributed by atoms with Gasteiger partial charge in [-0.2, -0.15) is 0 Å². The summed E-state index contributed by atoms with van der Waals surface area (Å²) in [6.07, 6.45) is 0.650. The molecule has 0 fully saturated rings. The maximum Gasteiger partial charge on any atom is 0.211 e. The molecular weight excluding hydrogens is 274 g/mol. The summed E-state index contributed by atoms with van der Waals surface area (Å²) in [4.78, 5) is 0. The van der Waals surface area contributed by atoms with E-state index in [2.05, 4.69) is 16.6 Å². The van der Waals surface area contributed by atoms with Crippen molar-refractivity contribution in [3.8, 4) is 11.8 Å². The molecule has 0 atom stereocenters. The number of sulfonamides is 1. The number of nitrogens with one attached hydrogen (secondary N) is 1. The standard InChI is InChI=1S/C15H21NO3S/c1-13(2)8-10-20(18,19)16-12-15-6-3-5-14(11-15)7-4-9-17/h3,5-6,11,13,16-17H,8-10,12H2,1-2H3. The molecule has 0 aliphatic rings. The second-order valence-corrected chi connectivity index (χ2v) is 6.91. The molecule has 0 radical (unpaired) electrons. The van der Waals surface area contributed by atoms with Crippen LogP contribution < -0.4 is 4.72 Å². The predicted molar refractivity (Wildman–Crippen MR) is 80.5 cm³/mol. The van der Waals surface area contributed by atoms with Gasteiger partial charge >= 0.3 is 0 Å². The number of aliphatic hydroxyl groups is 1. The lowest BCUT2D eigenvalue weighted by Crippen LogP contribution is -2.26. The van der Waals surface area contributed by atoms with Gasteiger partial charge in [-0.15, -0.1) is 0 Å². The van der Waals surface area contributed by atoms with Crippen molar-refractivity contribution < 1.29 is 13.5 Å². The van der Waals surface area contributed by atoms with Crippen molar-refractivity contribution in [3.63, 3.8) is 0 Å². The summed E-state index contributed by atoms with van der Waals surface area (Å²) in [5.74, 6) is 5.87. The van der Waals surface area contributed by atoms with Gasteiger partial charge in [-0.3, -0.25) is 0 Å². The highest BCUT2D eigenvalue weighted by Gasteiger charge is 2.10. The van der Waals surface area contributed by atoms with Crippen molar-refractivity contribution in [3.05, 3.63) is 35.4 Å². The molecule has 0 bridgehead atoms.